The summed E-state index contributed by atoms with van der Waals surface area (Å²) in [4.78, 5) is 18.8. The summed E-state index contributed by atoms with van der Waals surface area (Å²) < 4.78 is 7.26. The molecule has 0 saturated carbocycles. The lowest BCUT2D eigenvalue weighted by molar-refractivity contribution is -0.132. The van der Waals surface area contributed by atoms with Crippen molar-refractivity contribution >= 4 is 5.91 Å². The zero-order chi connectivity index (χ0) is 16.2. The number of pyridine rings is 1. The largest absolute Gasteiger partial charge is 0.384 e. The fourth-order valence-corrected chi connectivity index (χ4v) is 3.02. The number of aryl methyl sites for hydroxylation is 1. The van der Waals surface area contributed by atoms with Gasteiger partial charge in [-0.1, -0.05) is 6.07 Å². The molecule has 0 radical (unpaired) electrons. The first kappa shape index (κ1) is 15.7. The molecular formula is C17H22N4O2. The summed E-state index contributed by atoms with van der Waals surface area (Å²) in [6, 6.07) is 5.65. The van der Waals surface area contributed by atoms with E-state index >= 15 is 0 Å². The van der Waals surface area contributed by atoms with Gasteiger partial charge in [0.25, 0.3) is 0 Å². The number of rotatable bonds is 5. The van der Waals surface area contributed by atoms with E-state index in [9.17, 15) is 4.79 Å². The summed E-state index contributed by atoms with van der Waals surface area (Å²) in [6.07, 6.45) is 4.09. The smallest absolute Gasteiger partial charge is 0.228 e. The number of carbonyl (C=O) groups excluding carboxylic acids is 1. The molecule has 3 heterocycles. The lowest BCUT2D eigenvalue weighted by atomic mass is 9.97. The number of fused-ring (bicyclic) bond motifs is 1. The van der Waals surface area contributed by atoms with E-state index in [2.05, 4.69) is 17.0 Å². The summed E-state index contributed by atoms with van der Waals surface area (Å²) in [5.74, 6) is 0.226. The molecule has 0 N–H and O–H groups in total. The lowest BCUT2D eigenvalue weighted by Crippen LogP contribution is -2.40. The minimum atomic E-state index is 0.0969. The van der Waals surface area contributed by atoms with Crippen molar-refractivity contribution in [3.8, 4) is 0 Å². The molecule has 1 amide bonds. The molecule has 3 rings (SSSR count). The van der Waals surface area contributed by atoms with E-state index in [1.54, 1.807) is 13.3 Å². The van der Waals surface area contributed by atoms with Crippen LogP contribution in [-0.4, -0.2) is 45.8 Å². The lowest BCUT2D eigenvalue weighted by Gasteiger charge is -2.31. The van der Waals surface area contributed by atoms with Crippen molar-refractivity contribution in [2.24, 2.45) is 0 Å². The highest BCUT2D eigenvalue weighted by atomic mass is 16.5. The highest BCUT2D eigenvalue weighted by molar-refractivity contribution is 5.78. The summed E-state index contributed by atoms with van der Waals surface area (Å²) in [6.45, 7) is 4.72. The van der Waals surface area contributed by atoms with Crippen LogP contribution in [0, 0.1) is 0 Å². The normalized spacial score (nSPS) is 17.1. The van der Waals surface area contributed by atoms with Gasteiger partial charge in [-0.05, 0) is 19.1 Å². The van der Waals surface area contributed by atoms with Crippen LogP contribution in [0.3, 0.4) is 0 Å². The maximum atomic E-state index is 12.6. The van der Waals surface area contributed by atoms with Crippen molar-refractivity contribution in [1.82, 2.24) is 19.7 Å². The molecule has 6 nitrogen and oxygen atoms in total. The molecule has 1 aliphatic heterocycles. The first-order chi connectivity index (χ1) is 11.2. The van der Waals surface area contributed by atoms with Gasteiger partial charge in [-0.2, -0.15) is 5.10 Å². The number of hydrogen-bond donors (Lipinski definition) is 0. The molecule has 122 valence electrons. The molecule has 1 aliphatic rings. The van der Waals surface area contributed by atoms with Crippen LogP contribution in [0.2, 0.25) is 0 Å². The average molecular weight is 314 g/mol. The van der Waals surface area contributed by atoms with Gasteiger partial charge in [-0.15, -0.1) is 0 Å². The Bertz CT molecular complexity index is 668. The fraction of sp³-hybridized carbons (Fsp3) is 0.471. The molecule has 0 fully saturated rings. The molecule has 0 bridgehead atoms. The van der Waals surface area contributed by atoms with Gasteiger partial charge in [0, 0.05) is 56.3 Å². The number of nitrogens with zero attached hydrogens (tertiary/aromatic N) is 4. The van der Waals surface area contributed by atoms with Gasteiger partial charge in [0.05, 0.1) is 18.7 Å². The summed E-state index contributed by atoms with van der Waals surface area (Å²) >= 11 is 0. The molecule has 1 unspecified atom stereocenters. The Balaban J connectivity index is 1.77. The second-order valence-electron chi connectivity index (χ2n) is 5.82. The van der Waals surface area contributed by atoms with Crippen LogP contribution in [0.4, 0.5) is 0 Å². The zero-order valence-electron chi connectivity index (χ0n) is 13.6. The van der Waals surface area contributed by atoms with Gasteiger partial charge >= 0.3 is 0 Å². The summed E-state index contributed by atoms with van der Waals surface area (Å²) in [5.41, 5.74) is 2.99. The first-order valence-electron chi connectivity index (χ1n) is 7.94. The molecule has 6 heteroatoms. The number of aromatic nitrogens is 3. The first-order valence-corrected chi connectivity index (χ1v) is 7.94. The topological polar surface area (TPSA) is 60.2 Å². The Kier molecular flexibility index (Phi) is 4.71. The highest BCUT2D eigenvalue weighted by Gasteiger charge is 2.30. The van der Waals surface area contributed by atoms with E-state index in [0.29, 0.717) is 26.1 Å². The van der Waals surface area contributed by atoms with Crippen molar-refractivity contribution < 1.29 is 9.53 Å². The number of amides is 1. The maximum Gasteiger partial charge on any atom is 0.228 e. The van der Waals surface area contributed by atoms with Crippen LogP contribution in [0.1, 0.15) is 29.8 Å². The fourth-order valence-electron chi connectivity index (χ4n) is 3.02. The molecule has 0 spiro atoms. The third-order valence-electron chi connectivity index (χ3n) is 4.16. The van der Waals surface area contributed by atoms with E-state index in [4.69, 9.17) is 4.74 Å². The quantitative estimate of drug-likeness (QED) is 0.841. The van der Waals surface area contributed by atoms with E-state index in [1.807, 2.05) is 34.0 Å². The zero-order valence-corrected chi connectivity index (χ0v) is 13.6. The van der Waals surface area contributed by atoms with Crippen molar-refractivity contribution in [2.75, 3.05) is 20.3 Å². The molecular weight excluding hydrogens is 292 g/mol. The van der Waals surface area contributed by atoms with Gasteiger partial charge in [0.15, 0.2) is 0 Å². The average Bonchev–Trinajstić information content (AvgIpc) is 2.99. The highest BCUT2D eigenvalue weighted by Crippen LogP contribution is 2.27. The predicted molar refractivity (Wildman–Crippen MR) is 85.9 cm³/mol. The van der Waals surface area contributed by atoms with E-state index < -0.39 is 0 Å². The Hall–Kier alpha value is -2.21. The van der Waals surface area contributed by atoms with Crippen LogP contribution in [0.5, 0.6) is 0 Å². The minimum absolute atomic E-state index is 0.0969. The van der Waals surface area contributed by atoms with Crippen LogP contribution < -0.4 is 0 Å². The molecule has 23 heavy (non-hydrogen) atoms. The van der Waals surface area contributed by atoms with Gasteiger partial charge in [0.1, 0.15) is 0 Å². The number of hydrogen-bond acceptors (Lipinski definition) is 4. The second-order valence-corrected chi connectivity index (χ2v) is 5.82. The van der Waals surface area contributed by atoms with E-state index in [1.165, 1.54) is 0 Å². The third-order valence-corrected chi connectivity index (χ3v) is 4.16. The Morgan fingerprint density at radius 2 is 2.30 bits per heavy atom. The third kappa shape index (κ3) is 3.42. The van der Waals surface area contributed by atoms with Crippen LogP contribution in [0.15, 0.2) is 30.6 Å². The molecule has 2 aromatic rings. The Labute approximate surface area is 136 Å². The van der Waals surface area contributed by atoms with Gasteiger partial charge in [-0.25, -0.2) is 0 Å². The second kappa shape index (κ2) is 6.91. The van der Waals surface area contributed by atoms with Gasteiger partial charge in [-0.3, -0.25) is 14.5 Å². The van der Waals surface area contributed by atoms with Gasteiger partial charge in [0.2, 0.25) is 5.91 Å². The number of methoxy groups -OCH3 is 1. The van der Waals surface area contributed by atoms with Crippen LogP contribution in [0.25, 0.3) is 0 Å². The van der Waals surface area contributed by atoms with E-state index in [-0.39, 0.29) is 11.8 Å². The standard InChI is InChI=1S/C17H22N4O2/c1-3-21-11-13-9-20(10-14(12-23-2)17(13)19-21)16(22)8-15-6-4-5-7-18-15/h4-7,11,14H,3,8-10,12H2,1-2H3. The van der Waals surface area contributed by atoms with Crippen LogP contribution in [-0.2, 0) is 29.0 Å². The SMILES string of the molecule is CCn1cc2c(n1)C(COC)CN(C(=O)Cc1ccccn1)C2. The molecule has 0 aromatic carbocycles. The van der Waals surface area contributed by atoms with Crippen molar-refractivity contribution in [2.45, 2.75) is 32.4 Å². The molecule has 2 aromatic heterocycles. The monoisotopic (exact) mass is 314 g/mol. The van der Waals surface area contributed by atoms with Crippen molar-refractivity contribution in [3.05, 3.63) is 47.5 Å². The molecule has 0 saturated heterocycles. The number of ether oxygens (including phenoxy) is 1. The predicted octanol–water partition coefficient (Wildman–Crippen LogP) is 1.61. The van der Waals surface area contributed by atoms with Crippen molar-refractivity contribution in [3.63, 3.8) is 0 Å². The van der Waals surface area contributed by atoms with Crippen LogP contribution >= 0.6 is 0 Å². The molecule has 0 aliphatic carbocycles. The van der Waals surface area contributed by atoms with Gasteiger partial charge < -0.3 is 9.64 Å². The summed E-state index contributed by atoms with van der Waals surface area (Å²) in [5, 5.41) is 4.63. The Morgan fingerprint density at radius 1 is 1.43 bits per heavy atom. The van der Waals surface area contributed by atoms with E-state index in [0.717, 1.165) is 23.5 Å². The Morgan fingerprint density at radius 3 is 3.00 bits per heavy atom. The molecule has 1 atom stereocenters. The summed E-state index contributed by atoms with van der Waals surface area (Å²) in [7, 11) is 1.69. The maximum absolute atomic E-state index is 12.6. The van der Waals surface area contributed by atoms with Crippen molar-refractivity contribution in [1.29, 1.82) is 0 Å². The number of carbonyl (C=O) groups is 1. The minimum Gasteiger partial charge on any atom is -0.384 e.